The number of likely N-dealkylation sites (tertiary alicyclic amines) is 2. The Labute approximate surface area is 336 Å². The van der Waals surface area contributed by atoms with Gasteiger partial charge in [-0.1, -0.05) is 42.5 Å². The summed E-state index contributed by atoms with van der Waals surface area (Å²) in [6, 6.07) is 22.7. The molecule has 0 radical (unpaired) electrons. The van der Waals surface area contributed by atoms with E-state index in [-0.39, 0.29) is 11.9 Å². The summed E-state index contributed by atoms with van der Waals surface area (Å²) >= 11 is 0. The van der Waals surface area contributed by atoms with E-state index in [2.05, 4.69) is 74.6 Å². The number of aromatic amines is 2. The first kappa shape index (κ1) is 40.2. The summed E-state index contributed by atoms with van der Waals surface area (Å²) in [7, 11) is 5.50. The normalized spacial score (nSPS) is 16.6. The molecule has 0 aliphatic carbocycles. The number of imidazole rings is 2. The van der Waals surface area contributed by atoms with E-state index in [0.29, 0.717) is 39.0 Å². The number of nitrogens with one attached hydrogen (secondary N) is 3. The monoisotopic (exact) mass is 775 g/mol. The Morgan fingerprint density at radius 3 is 2.07 bits per heavy atom. The molecule has 2 aromatic heterocycles. The highest BCUT2D eigenvalue weighted by molar-refractivity contribution is 5.83. The number of aryl methyl sites for hydroxylation is 1. The lowest BCUT2D eigenvalue weighted by molar-refractivity contribution is -0.126. The second-order valence-corrected chi connectivity index (χ2v) is 15.0. The lowest BCUT2D eigenvalue weighted by Gasteiger charge is -2.27. The summed E-state index contributed by atoms with van der Waals surface area (Å²) in [5.41, 5.74) is 6.70. The SMILES string of the molecule is COCCOc1cc(-c2cnc(CCCCNC(=O)C(c3ccccc3)N3CCCC3)[nH]2)ccc1-c1ccc(-c2cnc(C3CCCN3C)[nH]2)cc1OCCOC. The van der Waals surface area contributed by atoms with Gasteiger partial charge in [0.1, 0.15) is 42.4 Å². The van der Waals surface area contributed by atoms with Crippen molar-refractivity contribution in [3.8, 4) is 45.1 Å². The maximum atomic E-state index is 13.3. The van der Waals surface area contributed by atoms with Crippen LogP contribution in [0.15, 0.2) is 79.1 Å². The van der Waals surface area contributed by atoms with Crippen molar-refractivity contribution in [3.05, 3.63) is 96.3 Å². The van der Waals surface area contributed by atoms with Crippen molar-refractivity contribution in [2.45, 2.75) is 57.0 Å². The van der Waals surface area contributed by atoms with Crippen molar-refractivity contribution in [1.82, 2.24) is 35.1 Å². The fraction of sp³-hybridized carbons (Fsp3) is 0.444. The minimum absolute atomic E-state index is 0.0825. The number of unbranched alkanes of at least 4 members (excludes halogenated alkanes) is 1. The quantitative estimate of drug-likeness (QED) is 0.0702. The number of ether oxygens (including phenoxy) is 4. The molecule has 2 aliphatic rings. The van der Waals surface area contributed by atoms with Gasteiger partial charge >= 0.3 is 0 Å². The molecule has 12 nitrogen and oxygen atoms in total. The molecule has 302 valence electrons. The summed E-state index contributed by atoms with van der Waals surface area (Å²) in [5, 5.41) is 3.21. The molecule has 2 saturated heterocycles. The number of carbonyl (C=O) groups is 1. The number of hydrogen-bond donors (Lipinski definition) is 3. The third-order valence-electron chi connectivity index (χ3n) is 11.0. The summed E-state index contributed by atoms with van der Waals surface area (Å²) in [6.07, 6.45) is 10.9. The zero-order valence-electron chi connectivity index (χ0n) is 33.6. The number of H-pyrrole nitrogens is 2. The van der Waals surface area contributed by atoms with Gasteiger partial charge in [-0.05, 0) is 95.0 Å². The van der Waals surface area contributed by atoms with E-state index in [4.69, 9.17) is 28.9 Å². The summed E-state index contributed by atoms with van der Waals surface area (Å²) in [4.78, 5) is 34.5. The minimum atomic E-state index is -0.232. The van der Waals surface area contributed by atoms with E-state index >= 15 is 0 Å². The zero-order chi connectivity index (χ0) is 39.4. The van der Waals surface area contributed by atoms with Gasteiger partial charge in [0, 0.05) is 49.4 Å². The van der Waals surface area contributed by atoms with Gasteiger partial charge in [-0.25, -0.2) is 9.97 Å². The molecule has 1 amide bonds. The maximum absolute atomic E-state index is 13.3. The van der Waals surface area contributed by atoms with E-state index in [1.54, 1.807) is 14.2 Å². The van der Waals surface area contributed by atoms with Crippen LogP contribution in [-0.4, -0.2) is 110 Å². The summed E-state index contributed by atoms with van der Waals surface area (Å²) in [5.74, 6) is 3.44. The first-order chi connectivity index (χ1) is 28.0. The first-order valence-corrected chi connectivity index (χ1v) is 20.4. The third kappa shape index (κ3) is 10.1. The number of aromatic nitrogens is 4. The van der Waals surface area contributed by atoms with Gasteiger partial charge in [0.15, 0.2) is 0 Å². The van der Waals surface area contributed by atoms with Crippen molar-refractivity contribution < 1.29 is 23.7 Å². The number of amides is 1. The molecule has 0 bridgehead atoms. The van der Waals surface area contributed by atoms with Crippen molar-refractivity contribution in [1.29, 1.82) is 0 Å². The van der Waals surface area contributed by atoms with E-state index < -0.39 is 0 Å². The van der Waals surface area contributed by atoms with Crippen LogP contribution in [0.3, 0.4) is 0 Å². The van der Waals surface area contributed by atoms with Crippen LogP contribution in [0.2, 0.25) is 0 Å². The summed E-state index contributed by atoms with van der Waals surface area (Å²) in [6.45, 7) is 5.35. The average molecular weight is 776 g/mol. The number of methoxy groups -OCH3 is 2. The number of carbonyl (C=O) groups excluding carboxylic acids is 1. The molecule has 2 aliphatic heterocycles. The van der Waals surface area contributed by atoms with E-state index in [9.17, 15) is 4.79 Å². The van der Waals surface area contributed by atoms with Crippen molar-refractivity contribution in [2.75, 3.05) is 73.9 Å². The Morgan fingerprint density at radius 2 is 1.44 bits per heavy atom. The molecule has 5 aromatic rings. The van der Waals surface area contributed by atoms with Gasteiger partial charge in [-0.3, -0.25) is 14.6 Å². The lowest BCUT2D eigenvalue weighted by atomic mass is 9.98. The Bertz CT molecular complexity index is 2030. The molecular weight excluding hydrogens is 719 g/mol. The smallest absolute Gasteiger partial charge is 0.241 e. The first-order valence-electron chi connectivity index (χ1n) is 20.4. The van der Waals surface area contributed by atoms with E-state index in [1.807, 2.05) is 36.7 Å². The van der Waals surface area contributed by atoms with Crippen LogP contribution in [0.1, 0.15) is 67.8 Å². The molecule has 2 unspecified atom stereocenters. The number of rotatable bonds is 20. The van der Waals surface area contributed by atoms with Gasteiger partial charge in [0.05, 0.1) is 43.0 Å². The van der Waals surface area contributed by atoms with Gasteiger partial charge < -0.3 is 34.2 Å². The second-order valence-electron chi connectivity index (χ2n) is 15.0. The Morgan fingerprint density at radius 1 is 0.789 bits per heavy atom. The molecule has 3 N–H and O–H groups in total. The highest BCUT2D eigenvalue weighted by Crippen LogP contribution is 2.41. The highest BCUT2D eigenvalue weighted by atomic mass is 16.5. The van der Waals surface area contributed by atoms with Crippen molar-refractivity contribution in [2.24, 2.45) is 0 Å². The van der Waals surface area contributed by atoms with E-state index in [0.717, 1.165) is 121 Å². The van der Waals surface area contributed by atoms with Crippen molar-refractivity contribution >= 4 is 5.91 Å². The molecule has 12 heteroatoms. The van der Waals surface area contributed by atoms with Crippen LogP contribution in [-0.2, 0) is 20.7 Å². The molecule has 2 fully saturated rings. The van der Waals surface area contributed by atoms with Crippen LogP contribution in [0, 0.1) is 0 Å². The average Bonchev–Trinajstić information content (AvgIpc) is 4.08. The standard InChI is InChI=1S/C45H57N7O5/c1-51-21-11-14-39(51)44-48-31-38(50-44)34-17-19-36(41(29-34)57-27-25-55-3)35-18-16-33(28-40(35)56-26-24-54-2)37-30-47-42(49-37)15-7-8-20-46-45(53)43(52-22-9-10-23-52)32-12-5-4-6-13-32/h4-6,12-13,16-19,28-31,39,43H,7-11,14-15,20-27H2,1-3H3,(H,46,53)(H,47,49)(H,48,50). The Hall–Kier alpha value is -5.01. The topological polar surface area (TPSA) is 130 Å². The predicted octanol–water partition coefficient (Wildman–Crippen LogP) is 7.23. The fourth-order valence-electron chi connectivity index (χ4n) is 7.97. The fourth-order valence-corrected chi connectivity index (χ4v) is 7.97. The maximum Gasteiger partial charge on any atom is 0.241 e. The number of nitrogens with zero attached hydrogens (tertiary/aromatic N) is 4. The predicted molar refractivity (Wildman–Crippen MR) is 222 cm³/mol. The molecule has 57 heavy (non-hydrogen) atoms. The Balaban J connectivity index is 1.03. The zero-order valence-corrected chi connectivity index (χ0v) is 33.6. The molecular formula is C45H57N7O5. The molecule has 0 saturated carbocycles. The van der Waals surface area contributed by atoms with Crippen LogP contribution >= 0.6 is 0 Å². The molecule has 0 spiro atoms. The molecule has 7 rings (SSSR count). The van der Waals surface area contributed by atoms with Gasteiger partial charge in [0.25, 0.3) is 0 Å². The van der Waals surface area contributed by atoms with Gasteiger partial charge in [-0.2, -0.15) is 0 Å². The lowest BCUT2D eigenvalue weighted by Crippen LogP contribution is -2.39. The van der Waals surface area contributed by atoms with Crippen LogP contribution in [0.4, 0.5) is 0 Å². The minimum Gasteiger partial charge on any atom is -0.491 e. The van der Waals surface area contributed by atoms with E-state index in [1.165, 1.54) is 6.42 Å². The van der Waals surface area contributed by atoms with Crippen LogP contribution < -0.4 is 14.8 Å². The molecule has 3 aromatic carbocycles. The number of hydrogen-bond acceptors (Lipinski definition) is 9. The second kappa shape index (κ2) is 19.9. The third-order valence-corrected chi connectivity index (χ3v) is 11.0. The van der Waals surface area contributed by atoms with Gasteiger partial charge in [-0.15, -0.1) is 0 Å². The van der Waals surface area contributed by atoms with Crippen LogP contribution in [0.25, 0.3) is 33.6 Å². The van der Waals surface area contributed by atoms with Crippen molar-refractivity contribution in [3.63, 3.8) is 0 Å². The molecule has 4 heterocycles. The highest BCUT2D eigenvalue weighted by Gasteiger charge is 2.29. The number of benzene rings is 3. The van der Waals surface area contributed by atoms with Crippen LogP contribution in [0.5, 0.6) is 11.5 Å². The largest absolute Gasteiger partial charge is 0.491 e. The van der Waals surface area contributed by atoms with Gasteiger partial charge in [0.2, 0.25) is 5.91 Å². The summed E-state index contributed by atoms with van der Waals surface area (Å²) < 4.78 is 23.4. The molecule has 2 atom stereocenters. The Kier molecular flexibility index (Phi) is 14.0.